The molecule has 0 radical (unpaired) electrons. The summed E-state index contributed by atoms with van der Waals surface area (Å²) in [5.74, 6) is 0. The third kappa shape index (κ3) is 5.50. The first-order valence-electron chi connectivity index (χ1n) is 3.56. The minimum absolute atomic E-state index is 0.0153. The van der Waals surface area contributed by atoms with Crippen molar-refractivity contribution >= 4 is 19.7 Å². The van der Waals surface area contributed by atoms with Crippen molar-refractivity contribution in [2.45, 2.75) is 39.4 Å². The van der Waals surface area contributed by atoms with E-state index in [1.54, 1.807) is 6.92 Å². The van der Waals surface area contributed by atoms with Crippen LogP contribution in [0.3, 0.4) is 0 Å². The van der Waals surface area contributed by atoms with Crippen LogP contribution in [0.25, 0.3) is 0 Å². The Morgan fingerprint density at radius 2 is 1.73 bits per heavy atom. The molecule has 11 heavy (non-hydrogen) atoms. The Morgan fingerprint density at radius 3 is 1.82 bits per heavy atom. The minimum atomic E-state index is -3.36. The molecular weight excluding hydrogens is 184 g/mol. The van der Waals surface area contributed by atoms with Gasteiger partial charge in [0.25, 0.3) is 0 Å². The van der Waals surface area contributed by atoms with Crippen molar-refractivity contribution in [1.29, 1.82) is 0 Å². The summed E-state index contributed by atoms with van der Waals surface area (Å²) in [5.41, 5.74) is 0.0153. The van der Waals surface area contributed by atoms with Crippen LogP contribution in [0, 0.1) is 5.41 Å². The van der Waals surface area contributed by atoms with Crippen molar-refractivity contribution in [1.82, 2.24) is 0 Å². The molecule has 0 aromatic heterocycles. The van der Waals surface area contributed by atoms with Crippen molar-refractivity contribution in [2.75, 3.05) is 0 Å². The lowest BCUT2D eigenvalue weighted by Crippen LogP contribution is -2.20. The van der Waals surface area contributed by atoms with E-state index >= 15 is 0 Å². The summed E-state index contributed by atoms with van der Waals surface area (Å²) in [6.45, 7) is 7.61. The predicted octanol–water partition coefficient (Wildman–Crippen LogP) is 2.38. The van der Waals surface area contributed by atoms with Gasteiger partial charge in [-0.2, -0.15) is 0 Å². The van der Waals surface area contributed by atoms with E-state index in [4.69, 9.17) is 10.7 Å². The summed E-state index contributed by atoms with van der Waals surface area (Å²) in [6.07, 6.45) is 0.596. The summed E-state index contributed by atoms with van der Waals surface area (Å²) >= 11 is 0. The first kappa shape index (κ1) is 11.2. The van der Waals surface area contributed by atoms with Crippen LogP contribution in [-0.2, 0) is 9.05 Å². The fraction of sp³-hybridized carbons (Fsp3) is 1.00. The molecule has 0 N–H and O–H groups in total. The van der Waals surface area contributed by atoms with Crippen molar-refractivity contribution in [2.24, 2.45) is 5.41 Å². The van der Waals surface area contributed by atoms with E-state index in [0.29, 0.717) is 6.42 Å². The molecule has 0 bridgehead atoms. The van der Waals surface area contributed by atoms with E-state index in [1.807, 2.05) is 20.8 Å². The molecule has 0 saturated carbocycles. The van der Waals surface area contributed by atoms with Gasteiger partial charge in [0.15, 0.2) is 0 Å². The summed E-state index contributed by atoms with van der Waals surface area (Å²) in [7, 11) is 1.80. The van der Waals surface area contributed by atoms with E-state index in [0.717, 1.165) is 0 Å². The lowest BCUT2D eigenvalue weighted by molar-refractivity contribution is 0.373. The van der Waals surface area contributed by atoms with Gasteiger partial charge in [0.05, 0.1) is 5.25 Å². The molecule has 0 aliphatic carbocycles. The zero-order chi connectivity index (χ0) is 9.28. The van der Waals surface area contributed by atoms with Crippen molar-refractivity contribution in [3.05, 3.63) is 0 Å². The van der Waals surface area contributed by atoms with Crippen LogP contribution < -0.4 is 0 Å². The predicted molar refractivity (Wildman–Crippen MR) is 48.3 cm³/mol. The molecule has 0 fully saturated rings. The minimum Gasteiger partial charge on any atom is -0.212 e. The second kappa shape index (κ2) is 3.31. The first-order valence-corrected chi connectivity index (χ1v) is 5.93. The number of halogens is 1. The van der Waals surface area contributed by atoms with Gasteiger partial charge >= 0.3 is 0 Å². The molecule has 68 valence electrons. The van der Waals surface area contributed by atoms with Crippen LogP contribution in [0.15, 0.2) is 0 Å². The second-order valence-corrected chi connectivity index (χ2v) is 7.10. The molecule has 0 aliphatic heterocycles. The Hall–Kier alpha value is 0.240. The van der Waals surface area contributed by atoms with Crippen molar-refractivity contribution in [3.8, 4) is 0 Å². The lowest BCUT2D eigenvalue weighted by atomic mass is 9.91. The van der Waals surface area contributed by atoms with Gasteiger partial charge < -0.3 is 0 Å². The largest absolute Gasteiger partial charge is 0.235 e. The van der Waals surface area contributed by atoms with Crippen LogP contribution in [0.5, 0.6) is 0 Å². The Bertz CT molecular complexity index is 213. The quantitative estimate of drug-likeness (QED) is 0.639. The maximum Gasteiger partial charge on any atom is 0.235 e. The summed E-state index contributed by atoms with van der Waals surface area (Å²) in [5, 5.41) is -0.454. The summed E-state index contributed by atoms with van der Waals surface area (Å²) < 4.78 is 21.5. The third-order valence-electron chi connectivity index (χ3n) is 1.38. The van der Waals surface area contributed by atoms with E-state index in [1.165, 1.54) is 0 Å². The van der Waals surface area contributed by atoms with Gasteiger partial charge in [-0.05, 0) is 18.8 Å². The Balaban J connectivity index is 4.22. The molecule has 0 aromatic rings. The van der Waals surface area contributed by atoms with E-state index in [2.05, 4.69) is 0 Å². The Morgan fingerprint density at radius 1 is 1.36 bits per heavy atom. The van der Waals surface area contributed by atoms with Crippen LogP contribution in [-0.4, -0.2) is 13.7 Å². The van der Waals surface area contributed by atoms with Crippen molar-refractivity contribution in [3.63, 3.8) is 0 Å². The van der Waals surface area contributed by atoms with E-state index in [9.17, 15) is 8.42 Å². The zero-order valence-electron chi connectivity index (χ0n) is 7.39. The third-order valence-corrected chi connectivity index (χ3v) is 3.42. The van der Waals surface area contributed by atoms with Gasteiger partial charge in [0, 0.05) is 10.7 Å². The van der Waals surface area contributed by atoms with Gasteiger partial charge in [-0.3, -0.25) is 0 Å². The highest BCUT2D eigenvalue weighted by atomic mass is 35.7. The van der Waals surface area contributed by atoms with E-state index < -0.39 is 14.3 Å². The topological polar surface area (TPSA) is 34.1 Å². The lowest BCUT2D eigenvalue weighted by Gasteiger charge is -2.20. The molecule has 0 saturated heterocycles. The molecule has 0 spiro atoms. The van der Waals surface area contributed by atoms with Crippen LogP contribution in [0.4, 0.5) is 0 Å². The van der Waals surface area contributed by atoms with Gasteiger partial charge in [-0.15, -0.1) is 0 Å². The number of hydrogen-bond acceptors (Lipinski definition) is 2. The maximum atomic E-state index is 10.8. The molecular formula is C7H15ClO2S. The number of hydrogen-bond donors (Lipinski definition) is 0. The highest BCUT2D eigenvalue weighted by Gasteiger charge is 2.23. The standard InChI is InChI=1S/C7H15ClO2S/c1-6(11(8,9)10)5-7(2,3)4/h6H,5H2,1-4H3. The average molecular weight is 199 g/mol. The maximum absolute atomic E-state index is 10.8. The fourth-order valence-corrected chi connectivity index (χ4v) is 1.85. The molecule has 0 amide bonds. The van der Waals surface area contributed by atoms with Crippen LogP contribution >= 0.6 is 10.7 Å². The van der Waals surface area contributed by atoms with Gasteiger partial charge in [0.1, 0.15) is 0 Å². The van der Waals surface area contributed by atoms with Crippen LogP contribution in [0.1, 0.15) is 34.1 Å². The summed E-state index contributed by atoms with van der Waals surface area (Å²) in [4.78, 5) is 0. The van der Waals surface area contributed by atoms with E-state index in [-0.39, 0.29) is 5.41 Å². The molecule has 0 aliphatic rings. The molecule has 0 heterocycles. The zero-order valence-corrected chi connectivity index (χ0v) is 8.96. The molecule has 1 unspecified atom stereocenters. The molecule has 4 heteroatoms. The Labute approximate surface area is 73.4 Å². The SMILES string of the molecule is CC(CC(C)(C)C)S(=O)(=O)Cl. The molecule has 0 rings (SSSR count). The monoisotopic (exact) mass is 198 g/mol. The summed E-state index contributed by atoms with van der Waals surface area (Å²) in [6, 6.07) is 0. The van der Waals surface area contributed by atoms with Gasteiger partial charge in [-0.1, -0.05) is 20.8 Å². The van der Waals surface area contributed by atoms with Gasteiger partial charge in [-0.25, -0.2) is 8.42 Å². The molecule has 2 nitrogen and oxygen atoms in total. The van der Waals surface area contributed by atoms with Gasteiger partial charge in [0.2, 0.25) is 9.05 Å². The number of rotatable bonds is 2. The normalized spacial score (nSPS) is 16.5. The highest BCUT2D eigenvalue weighted by Crippen LogP contribution is 2.25. The fourth-order valence-electron chi connectivity index (χ4n) is 0.962. The second-order valence-electron chi connectivity index (χ2n) is 4.05. The molecule has 1 atom stereocenters. The highest BCUT2D eigenvalue weighted by molar-refractivity contribution is 8.14. The van der Waals surface area contributed by atoms with Crippen molar-refractivity contribution < 1.29 is 8.42 Å². The smallest absolute Gasteiger partial charge is 0.212 e. The van der Waals surface area contributed by atoms with Crippen LogP contribution in [0.2, 0.25) is 0 Å². The Kier molecular flexibility index (Phi) is 3.39. The average Bonchev–Trinajstić information content (AvgIpc) is 1.56. The first-order chi connectivity index (χ1) is 4.63. The molecule has 0 aromatic carbocycles.